The van der Waals surface area contributed by atoms with Gasteiger partial charge in [-0.3, -0.25) is 10.1 Å². The number of halogens is 4. The summed E-state index contributed by atoms with van der Waals surface area (Å²) < 4.78 is 29.5. The Morgan fingerprint density at radius 1 is 1.00 bits per heavy atom. The number of nitrogens with zero attached hydrogens (tertiary/aromatic N) is 3. The maximum Gasteiger partial charge on any atom is 0.258 e. The minimum absolute atomic E-state index is 0.0138. The molecule has 1 amide bonds. The Labute approximate surface area is 202 Å². The molecule has 1 aliphatic heterocycles. The largest absolute Gasteiger partial charge is 0.324 e. The number of benzene rings is 3. The molecular formula is C24H15Cl2F2N5O. The van der Waals surface area contributed by atoms with E-state index in [0.29, 0.717) is 10.7 Å². The summed E-state index contributed by atoms with van der Waals surface area (Å²) >= 11 is 12.4. The fraction of sp³-hybridized carbons (Fsp3) is 0.0417. The third-order valence-electron chi connectivity index (χ3n) is 5.25. The molecule has 10 heteroatoms. The summed E-state index contributed by atoms with van der Waals surface area (Å²) in [5, 5.41) is 10.9. The molecule has 2 N–H and O–H groups in total. The molecule has 0 saturated carbocycles. The number of allylic oxidation sites excluding steroid dienone is 1. The van der Waals surface area contributed by atoms with E-state index < -0.39 is 23.6 Å². The average molecular weight is 498 g/mol. The smallest absolute Gasteiger partial charge is 0.258 e. The second-order valence-corrected chi connectivity index (χ2v) is 8.30. The normalized spacial score (nSPS) is 14.7. The lowest BCUT2D eigenvalue weighted by Gasteiger charge is -2.25. The molecule has 0 radical (unpaired) electrons. The molecule has 2 heterocycles. The van der Waals surface area contributed by atoms with E-state index in [-0.39, 0.29) is 28.0 Å². The van der Waals surface area contributed by atoms with Gasteiger partial charge in [-0.05, 0) is 60.2 Å². The Morgan fingerprint density at radius 3 is 2.44 bits per heavy atom. The summed E-state index contributed by atoms with van der Waals surface area (Å²) in [6, 6.07) is 15.8. The lowest BCUT2D eigenvalue weighted by atomic mass is 10.0. The zero-order valence-corrected chi connectivity index (χ0v) is 18.8. The van der Waals surface area contributed by atoms with Crippen LogP contribution < -0.4 is 10.6 Å². The van der Waals surface area contributed by atoms with Crippen LogP contribution in [0.15, 0.2) is 72.8 Å². The predicted molar refractivity (Wildman–Crippen MR) is 127 cm³/mol. The molecule has 0 fully saturated rings. The Hall–Kier alpha value is -3.75. The zero-order valence-electron chi connectivity index (χ0n) is 17.3. The van der Waals surface area contributed by atoms with Crippen LogP contribution in [0.3, 0.4) is 0 Å². The molecule has 34 heavy (non-hydrogen) atoms. The van der Waals surface area contributed by atoms with Gasteiger partial charge in [-0.1, -0.05) is 41.4 Å². The number of carbonyl (C=O) groups excluding carboxylic acids is 1. The van der Waals surface area contributed by atoms with Crippen LogP contribution in [0.1, 0.15) is 27.5 Å². The van der Waals surface area contributed by atoms with Crippen LogP contribution in [0.25, 0.3) is 5.70 Å². The fourth-order valence-electron chi connectivity index (χ4n) is 3.62. The molecule has 170 valence electrons. The highest BCUT2D eigenvalue weighted by molar-refractivity contribution is 6.31. The van der Waals surface area contributed by atoms with Crippen LogP contribution in [0.2, 0.25) is 10.0 Å². The van der Waals surface area contributed by atoms with E-state index in [1.807, 2.05) is 12.1 Å². The number of rotatable bonds is 4. The molecule has 1 aliphatic rings. The molecule has 0 bridgehead atoms. The molecule has 1 aromatic heterocycles. The highest BCUT2D eigenvalue weighted by Crippen LogP contribution is 2.37. The van der Waals surface area contributed by atoms with Gasteiger partial charge in [-0.15, -0.1) is 5.10 Å². The van der Waals surface area contributed by atoms with Crippen molar-refractivity contribution in [3.05, 3.63) is 111 Å². The number of hydrogen-bond donors (Lipinski definition) is 2. The topological polar surface area (TPSA) is 71.8 Å². The van der Waals surface area contributed by atoms with Crippen molar-refractivity contribution in [1.29, 1.82) is 0 Å². The van der Waals surface area contributed by atoms with Crippen LogP contribution in [-0.4, -0.2) is 20.7 Å². The van der Waals surface area contributed by atoms with Gasteiger partial charge in [0.25, 0.3) is 11.9 Å². The summed E-state index contributed by atoms with van der Waals surface area (Å²) in [6.45, 7) is 0. The molecule has 0 aliphatic carbocycles. The summed E-state index contributed by atoms with van der Waals surface area (Å²) in [5.74, 6) is -1.23. The first kappa shape index (κ1) is 22.1. The first-order chi connectivity index (χ1) is 16.4. The van der Waals surface area contributed by atoms with Crippen LogP contribution >= 0.6 is 23.2 Å². The van der Waals surface area contributed by atoms with E-state index in [0.717, 1.165) is 5.56 Å². The van der Waals surface area contributed by atoms with Gasteiger partial charge in [-0.25, -0.2) is 13.5 Å². The predicted octanol–water partition coefficient (Wildman–Crippen LogP) is 6.17. The third kappa shape index (κ3) is 4.25. The number of fused-ring (bicyclic) bond motifs is 1. The fourth-order valence-corrected chi connectivity index (χ4v) is 4.02. The van der Waals surface area contributed by atoms with Crippen LogP contribution in [-0.2, 0) is 0 Å². The van der Waals surface area contributed by atoms with E-state index in [1.54, 1.807) is 24.3 Å². The quantitative estimate of drug-likeness (QED) is 0.353. The zero-order chi connectivity index (χ0) is 23.8. The van der Waals surface area contributed by atoms with Gasteiger partial charge >= 0.3 is 0 Å². The van der Waals surface area contributed by atoms with Crippen molar-refractivity contribution in [3.63, 3.8) is 0 Å². The lowest BCUT2D eigenvalue weighted by Crippen LogP contribution is -2.21. The summed E-state index contributed by atoms with van der Waals surface area (Å²) in [4.78, 5) is 16.9. The van der Waals surface area contributed by atoms with Crippen molar-refractivity contribution in [2.75, 3.05) is 10.6 Å². The van der Waals surface area contributed by atoms with Crippen molar-refractivity contribution >= 4 is 46.7 Å². The maximum atomic E-state index is 14.9. The number of anilines is 2. The van der Waals surface area contributed by atoms with Gasteiger partial charge in [0.05, 0.1) is 0 Å². The van der Waals surface area contributed by atoms with E-state index >= 15 is 0 Å². The minimum Gasteiger partial charge on any atom is -0.324 e. The molecule has 0 saturated heterocycles. The number of nitrogens with one attached hydrogen (secondary N) is 2. The van der Waals surface area contributed by atoms with Crippen molar-refractivity contribution in [2.24, 2.45) is 0 Å². The molecule has 0 unspecified atom stereocenters. The van der Waals surface area contributed by atoms with Gasteiger partial charge in [0.1, 0.15) is 17.7 Å². The third-order valence-corrected chi connectivity index (χ3v) is 5.83. The SMILES string of the molecule is O=C(Nc1nc2n(n1)[C@@H](c1c(F)cccc1Cl)C=C(c1ccc(Cl)cc1)N2)c1ccc(F)cc1. The number of aromatic nitrogens is 3. The van der Waals surface area contributed by atoms with Crippen molar-refractivity contribution in [3.8, 4) is 0 Å². The number of amides is 1. The van der Waals surface area contributed by atoms with Gasteiger partial charge in [0.15, 0.2) is 0 Å². The Bertz CT molecular complexity index is 1400. The van der Waals surface area contributed by atoms with E-state index in [4.69, 9.17) is 23.2 Å². The molecule has 1 atom stereocenters. The van der Waals surface area contributed by atoms with Gasteiger partial charge < -0.3 is 5.32 Å². The molecule has 5 rings (SSSR count). The van der Waals surface area contributed by atoms with Crippen LogP contribution in [0.5, 0.6) is 0 Å². The molecular weight excluding hydrogens is 483 g/mol. The van der Waals surface area contributed by atoms with Gasteiger partial charge in [0, 0.05) is 26.9 Å². The number of carbonyl (C=O) groups is 1. The van der Waals surface area contributed by atoms with Crippen LogP contribution in [0.4, 0.5) is 20.7 Å². The standard InChI is InChI=1S/C24H15Cl2F2N5O/c25-15-8-4-13(5-9-15)19-12-20(21-17(26)2-1-3-18(21)28)33-24(29-19)31-23(32-33)30-22(34)14-6-10-16(27)11-7-14/h1-12,20H,(H2,29,30,31,32,34)/t20-/m1/s1. The first-order valence-corrected chi connectivity index (χ1v) is 10.9. The van der Waals surface area contributed by atoms with Crippen LogP contribution in [0, 0.1) is 11.6 Å². The Morgan fingerprint density at radius 2 is 1.74 bits per heavy atom. The summed E-state index contributed by atoms with van der Waals surface area (Å²) in [6.07, 6.45) is 1.76. The van der Waals surface area contributed by atoms with Crippen molar-refractivity contribution in [2.45, 2.75) is 6.04 Å². The second kappa shape index (κ2) is 8.89. The van der Waals surface area contributed by atoms with E-state index in [2.05, 4.69) is 20.7 Å². The van der Waals surface area contributed by atoms with Gasteiger partial charge in [0.2, 0.25) is 5.95 Å². The molecule has 4 aromatic rings. The lowest BCUT2D eigenvalue weighted by molar-refractivity contribution is 0.102. The maximum absolute atomic E-state index is 14.9. The van der Waals surface area contributed by atoms with Crippen molar-refractivity contribution in [1.82, 2.24) is 14.8 Å². The van der Waals surface area contributed by atoms with Crippen molar-refractivity contribution < 1.29 is 13.6 Å². The monoisotopic (exact) mass is 497 g/mol. The minimum atomic E-state index is -0.750. The Balaban J connectivity index is 1.55. The van der Waals surface area contributed by atoms with E-state index in [1.165, 1.54) is 41.1 Å². The summed E-state index contributed by atoms with van der Waals surface area (Å²) in [5.41, 5.74) is 1.86. The average Bonchev–Trinajstić information content (AvgIpc) is 3.22. The Kier molecular flexibility index (Phi) is 5.77. The molecule has 6 nitrogen and oxygen atoms in total. The number of hydrogen-bond acceptors (Lipinski definition) is 4. The van der Waals surface area contributed by atoms with E-state index in [9.17, 15) is 13.6 Å². The molecule has 0 spiro atoms. The van der Waals surface area contributed by atoms with Gasteiger partial charge in [-0.2, -0.15) is 4.98 Å². The highest BCUT2D eigenvalue weighted by Gasteiger charge is 2.29. The first-order valence-electron chi connectivity index (χ1n) is 10.1. The highest BCUT2D eigenvalue weighted by atomic mass is 35.5. The summed E-state index contributed by atoms with van der Waals surface area (Å²) in [7, 11) is 0. The second-order valence-electron chi connectivity index (χ2n) is 7.46. The molecule has 3 aromatic carbocycles.